The Kier molecular flexibility index (Phi) is 5.35. The highest BCUT2D eigenvalue weighted by Gasteiger charge is 2.38. The molecule has 4 nitrogen and oxygen atoms in total. The molecule has 0 spiro atoms. The average molecular weight is 301 g/mol. The Morgan fingerprint density at radius 2 is 2.18 bits per heavy atom. The van der Waals surface area contributed by atoms with Crippen LogP contribution in [0, 0.1) is 5.92 Å². The van der Waals surface area contributed by atoms with Crippen LogP contribution in [0.5, 0.6) is 5.75 Å². The predicted octanol–water partition coefficient (Wildman–Crippen LogP) is 1.97. The topological polar surface area (TPSA) is 63.6 Å². The molecule has 0 aromatic heterocycles. The van der Waals surface area contributed by atoms with Gasteiger partial charge in [-0.05, 0) is 42.0 Å². The number of methoxy groups -OCH3 is 1. The Hall–Kier alpha value is -1.16. The summed E-state index contributed by atoms with van der Waals surface area (Å²) < 4.78 is 6.28. The summed E-state index contributed by atoms with van der Waals surface area (Å²) in [5.74, 6) is 1.83. The highest BCUT2D eigenvalue weighted by Crippen LogP contribution is 2.49. The molecule has 0 unspecified atom stereocenters. The third kappa shape index (κ3) is 3.66. The lowest BCUT2D eigenvalue weighted by atomic mass is 10.1. The van der Waals surface area contributed by atoms with Crippen molar-refractivity contribution < 1.29 is 19.4 Å². The molecule has 1 saturated carbocycles. The summed E-state index contributed by atoms with van der Waals surface area (Å²) in [6.45, 7) is 0.286. The molecule has 0 heterocycles. The van der Waals surface area contributed by atoms with Crippen LogP contribution in [0.1, 0.15) is 17.9 Å². The first-order chi connectivity index (χ1) is 8.17. The van der Waals surface area contributed by atoms with E-state index in [9.17, 15) is 0 Å². The molecule has 1 fully saturated rings. The van der Waals surface area contributed by atoms with E-state index in [-0.39, 0.29) is 12.8 Å². The van der Waals surface area contributed by atoms with E-state index in [1.165, 1.54) is 5.56 Å². The number of aliphatic hydroxyl groups is 1. The van der Waals surface area contributed by atoms with Gasteiger partial charge in [-0.1, -0.05) is 15.9 Å². The van der Waals surface area contributed by atoms with Gasteiger partial charge in [-0.3, -0.25) is 0 Å². The number of rotatable bonds is 3. The molecule has 2 atom stereocenters. The smallest absolute Gasteiger partial charge is 0.373 e. The molecule has 1 aliphatic carbocycles. The van der Waals surface area contributed by atoms with E-state index in [4.69, 9.17) is 19.4 Å². The van der Waals surface area contributed by atoms with Gasteiger partial charge in [0.2, 0.25) is 0 Å². The van der Waals surface area contributed by atoms with Crippen molar-refractivity contribution in [3.8, 4) is 5.75 Å². The number of aliphatic hydroxyl groups excluding tert-OH is 1. The second-order valence-corrected chi connectivity index (χ2v) is 4.61. The highest BCUT2D eigenvalue weighted by atomic mass is 79.9. The van der Waals surface area contributed by atoms with Crippen LogP contribution in [0.15, 0.2) is 22.7 Å². The zero-order chi connectivity index (χ0) is 12.8. The van der Waals surface area contributed by atoms with E-state index < -0.39 is 0 Å². The Morgan fingerprint density at radius 1 is 1.53 bits per heavy atom. The molecule has 17 heavy (non-hydrogen) atoms. The standard InChI is InChI=1S/C11H13BrO2.CO2/c1-14-8-2-3-11(12)10(5-8)9-4-7(9)6-13;2-1-3/h2-3,5,7,9,13H,4,6H2,1H3;/t7-,9-;/m1./s1. The molecule has 1 aromatic rings. The van der Waals surface area contributed by atoms with Crippen LogP contribution in [0.2, 0.25) is 0 Å². The Balaban J connectivity index is 0.000000437. The van der Waals surface area contributed by atoms with Crippen molar-refractivity contribution in [3.63, 3.8) is 0 Å². The van der Waals surface area contributed by atoms with Gasteiger partial charge in [-0.2, -0.15) is 9.59 Å². The Labute approximate surface area is 108 Å². The van der Waals surface area contributed by atoms with Crippen LogP contribution in [0.3, 0.4) is 0 Å². The van der Waals surface area contributed by atoms with Gasteiger partial charge in [0.15, 0.2) is 0 Å². The summed E-state index contributed by atoms with van der Waals surface area (Å²) >= 11 is 3.52. The molecular weight excluding hydrogens is 288 g/mol. The summed E-state index contributed by atoms with van der Waals surface area (Å²) in [5.41, 5.74) is 1.25. The maximum atomic E-state index is 9.01. The van der Waals surface area contributed by atoms with Crippen LogP contribution in [-0.4, -0.2) is 25.0 Å². The number of halogens is 1. The summed E-state index contributed by atoms with van der Waals surface area (Å²) in [5, 5.41) is 9.01. The normalized spacial score (nSPS) is 20.9. The summed E-state index contributed by atoms with van der Waals surface area (Å²) in [6.07, 6.45) is 1.34. The maximum absolute atomic E-state index is 9.01. The quantitative estimate of drug-likeness (QED) is 0.927. The molecular formula is C12H13BrO4. The first-order valence-corrected chi connectivity index (χ1v) is 5.90. The molecule has 5 heteroatoms. The van der Waals surface area contributed by atoms with E-state index in [1.807, 2.05) is 18.2 Å². The van der Waals surface area contributed by atoms with Gasteiger partial charge in [0.25, 0.3) is 0 Å². The Bertz CT molecular complexity index is 413. The predicted molar refractivity (Wildman–Crippen MR) is 63.6 cm³/mol. The van der Waals surface area contributed by atoms with Crippen molar-refractivity contribution in [1.29, 1.82) is 0 Å². The summed E-state index contributed by atoms with van der Waals surface area (Å²) in [4.78, 5) is 16.2. The highest BCUT2D eigenvalue weighted by molar-refractivity contribution is 9.10. The first kappa shape index (κ1) is 13.9. The van der Waals surface area contributed by atoms with E-state index in [0.717, 1.165) is 16.6 Å². The minimum atomic E-state index is 0.250. The zero-order valence-electron chi connectivity index (χ0n) is 9.35. The van der Waals surface area contributed by atoms with Gasteiger partial charge >= 0.3 is 6.15 Å². The summed E-state index contributed by atoms with van der Waals surface area (Å²) in [6, 6.07) is 5.98. The second-order valence-electron chi connectivity index (χ2n) is 3.76. The average Bonchev–Trinajstić information content (AvgIpc) is 3.10. The molecule has 92 valence electrons. The minimum absolute atomic E-state index is 0.250. The number of benzene rings is 1. The number of hydrogen-bond acceptors (Lipinski definition) is 4. The van der Waals surface area contributed by atoms with Crippen LogP contribution < -0.4 is 4.74 Å². The molecule has 0 aliphatic heterocycles. The van der Waals surface area contributed by atoms with Crippen molar-refractivity contribution in [1.82, 2.24) is 0 Å². The van der Waals surface area contributed by atoms with Gasteiger partial charge in [0, 0.05) is 11.1 Å². The van der Waals surface area contributed by atoms with Crippen LogP contribution in [-0.2, 0) is 9.59 Å². The monoisotopic (exact) mass is 300 g/mol. The molecule has 0 saturated heterocycles. The van der Waals surface area contributed by atoms with Crippen LogP contribution >= 0.6 is 15.9 Å². The molecule has 0 amide bonds. The largest absolute Gasteiger partial charge is 0.497 e. The van der Waals surface area contributed by atoms with Crippen molar-refractivity contribution in [2.75, 3.05) is 13.7 Å². The van der Waals surface area contributed by atoms with Crippen molar-refractivity contribution >= 4 is 22.1 Å². The third-order valence-electron chi connectivity index (χ3n) is 2.76. The van der Waals surface area contributed by atoms with Gasteiger partial charge in [-0.25, -0.2) is 0 Å². The maximum Gasteiger partial charge on any atom is 0.373 e. The fourth-order valence-corrected chi connectivity index (χ4v) is 2.30. The van der Waals surface area contributed by atoms with Crippen LogP contribution in [0.4, 0.5) is 0 Å². The molecule has 1 aliphatic rings. The molecule has 0 bridgehead atoms. The third-order valence-corrected chi connectivity index (χ3v) is 3.48. The lowest BCUT2D eigenvalue weighted by molar-refractivity contribution is -0.191. The molecule has 1 aromatic carbocycles. The molecule has 1 N–H and O–H groups in total. The van der Waals surface area contributed by atoms with Crippen molar-refractivity contribution in [3.05, 3.63) is 28.2 Å². The van der Waals surface area contributed by atoms with Crippen LogP contribution in [0.25, 0.3) is 0 Å². The van der Waals surface area contributed by atoms with Gasteiger partial charge in [0.1, 0.15) is 5.75 Å². The fraction of sp³-hybridized carbons (Fsp3) is 0.417. The number of ether oxygens (including phenoxy) is 1. The van der Waals surface area contributed by atoms with Crippen molar-refractivity contribution in [2.24, 2.45) is 5.92 Å². The van der Waals surface area contributed by atoms with Gasteiger partial charge in [-0.15, -0.1) is 0 Å². The molecule has 2 rings (SSSR count). The van der Waals surface area contributed by atoms with Crippen molar-refractivity contribution in [2.45, 2.75) is 12.3 Å². The second kappa shape index (κ2) is 6.55. The van der Waals surface area contributed by atoms with E-state index >= 15 is 0 Å². The molecule has 0 radical (unpaired) electrons. The van der Waals surface area contributed by atoms with E-state index in [2.05, 4.69) is 15.9 Å². The Morgan fingerprint density at radius 3 is 2.65 bits per heavy atom. The van der Waals surface area contributed by atoms with Gasteiger partial charge < -0.3 is 9.84 Å². The number of carbonyl (C=O) groups excluding carboxylic acids is 2. The fourth-order valence-electron chi connectivity index (χ4n) is 1.76. The lowest BCUT2D eigenvalue weighted by Crippen LogP contribution is -1.91. The zero-order valence-corrected chi connectivity index (χ0v) is 10.9. The number of hydrogen-bond donors (Lipinski definition) is 1. The minimum Gasteiger partial charge on any atom is -0.497 e. The summed E-state index contributed by atoms with van der Waals surface area (Å²) in [7, 11) is 1.67. The first-order valence-electron chi connectivity index (χ1n) is 5.11. The SMILES string of the molecule is COc1ccc(Br)c([C@@H]2C[C@@H]2CO)c1.O=C=O. The van der Waals surface area contributed by atoms with E-state index in [0.29, 0.717) is 11.8 Å². The van der Waals surface area contributed by atoms with Gasteiger partial charge in [0.05, 0.1) is 7.11 Å². The van der Waals surface area contributed by atoms with E-state index in [1.54, 1.807) is 7.11 Å². The lowest BCUT2D eigenvalue weighted by Gasteiger charge is -2.06.